The van der Waals surface area contributed by atoms with Crippen LogP contribution in [0.1, 0.15) is 43.9 Å². The molecule has 1 aliphatic carbocycles. The van der Waals surface area contributed by atoms with E-state index in [1.165, 1.54) is 31.0 Å². The van der Waals surface area contributed by atoms with Gasteiger partial charge in [0, 0.05) is 5.92 Å². The van der Waals surface area contributed by atoms with Gasteiger partial charge < -0.3 is 19.2 Å². The first-order valence-electron chi connectivity index (χ1n) is 9.25. The number of methoxy groups -OCH3 is 1. The zero-order valence-corrected chi connectivity index (χ0v) is 16.3. The number of rotatable bonds is 9. The van der Waals surface area contributed by atoms with Crippen LogP contribution in [0.2, 0.25) is 0 Å². The summed E-state index contributed by atoms with van der Waals surface area (Å²) in [5.41, 5.74) is 0. The van der Waals surface area contributed by atoms with Crippen LogP contribution < -0.4 is 14.8 Å². The number of benzene rings is 1. The van der Waals surface area contributed by atoms with Crippen molar-refractivity contribution in [3.05, 3.63) is 30.2 Å². The molecule has 0 bridgehead atoms. The molecule has 1 aliphatic rings. The Morgan fingerprint density at radius 2 is 2.00 bits per heavy atom. The highest BCUT2D eigenvalue weighted by Gasteiger charge is 2.21. The molecule has 1 N–H and O–H groups in total. The van der Waals surface area contributed by atoms with E-state index in [1.807, 2.05) is 24.3 Å². The molecular formula is C19H25N3O4S. The number of thioether (sulfide) groups is 1. The Morgan fingerprint density at radius 1 is 1.22 bits per heavy atom. The topological polar surface area (TPSA) is 86.5 Å². The van der Waals surface area contributed by atoms with Gasteiger partial charge in [0.2, 0.25) is 11.8 Å². The van der Waals surface area contributed by atoms with E-state index >= 15 is 0 Å². The van der Waals surface area contributed by atoms with Crippen LogP contribution in [0.15, 0.2) is 33.9 Å². The Hall–Kier alpha value is -2.22. The average molecular weight is 391 g/mol. The van der Waals surface area contributed by atoms with Crippen LogP contribution in [0.3, 0.4) is 0 Å². The maximum absolute atomic E-state index is 12.0. The number of aromatic nitrogens is 2. The van der Waals surface area contributed by atoms with Gasteiger partial charge in [0.25, 0.3) is 5.22 Å². The predicted octanol–water partition coefficient (Wildman–Crippen LogP) is 3.41. The average Bonchev–Trinajstić information content (AvgIpc) is 3.20. The second-order valence-corrected chi connectivity index (χ2v) is 7.31. The number of carbonyl (C=O) groups is 1. The van der Waals surface area contributed by atoms with Crippen molar-refractivity contribution in [2.24, 2.45) is 0 Å². The summed E-state index contributed by atoms with van der Waals surface area (Å²) in [6.45, 7) is 0.776. The molecule has 1 heterocycles. The molecule has 0 radical (unpaired) electrons. The third-order valence-corrected chi connectivity index (χ3v) is 5.27. The Morgan fingerprint density at radius 3 is 2.78 bits per heavy atom. The number of nitrogens with zero attached hydrogens (tertiary/aromatic N) is 2. The Balaban J connectivity index is 1.34. The Kier molecular flexibility index (Phi) is 7.38. The van der Waals surface area contributed by atoms with Gasteiger partial charge in [-0.15, -0.1) is 10.2 Å². The molecule has 0 saturated heterocycles. The first-order chi connectivity index (χ1) is 13.3. The number of ether oxygens (including phenoxy) is 2. The van der Waals surface area contributed by atoms with Gasteiger partial charge in [-0.1, -0.05) is 43.2 Å². The fourth-order valence-corrected chi connectivity index (χ4v) is 3.66. The van der Waals surface area contributed by atoms with Gasteiger partial charge in [-0.2, -0.15) is 0 Å². The minimum atomic E-state index is -0.0963. The molecule has 1 amide bonds. The molecule has 3 rings (SSSR count). The molecule has 0 aliphatic heterocycles. The molecule has 27 heavy (non-hydrogen) atoms. The smallest absolute Gasteiger partial charge is 0.277 e. The second-order valence-electron chi connectivity index (χ2n) is 6.38. The van der Waals surface area contributed by atoms with Crippen molar-refractivity contribution in [2.75, 3.05) is 26.0 Å². The van der Waals surface area contributed by atoms with Crippen molar-refractivity contribution in [3.63, 3.8) is 0 Å². The summed E-state index contributed by atoms with van der Waals surface area (Å²) in [4.78, 5) is 12.0. The third-order valence-electron chi connectivity index (χ3n) is 4.45. The normalized spacial score (nSPS) is 14.7. The number of para-hydroxylation sites is 2. The number of amides is 1. The lowest BCUT2D eigenvalue weighted by molar-refractivity contribution is -0.118. The highest BCUT2D eigenvalue weighted by molar-refractivity contribution is 7.99. The van der Waals surface area contributed by atoms with Crippen molar-refractivity contribution in [1.29, 1.82) is 0 Å². The molecule has 1 fully saturated rings. The minimum Gasteiger partial charge on any atom is -0.493 e. The molecule has 146 valence electrons. The number of hydrogen-bond donors (Lipinski definition) is 1. The number of nitrogens with one attached hydrogen (secondary N) is 1. The summed E-state index contributed by atoms with van der Waals surface area (Å²) < 4.78 is 16.5. The van der Waals surface area contributed by atoms with E-state index < -0.39 is 0 Å². The molecular weight excluding hydrogens is 366 g/mol. The first kappa shape index (κ1) is 19.5. The molecule has 1 saturated carbocycles. The summed E-state index contributed by atoms with van der Waals surface area (Å²) in [6, 6.07) is 7.41. The van der Waals surface area contributed by atoms with Crippen molar-refractivity contribution in [3.8, 4) is 11.5 Å². The highest BCUT2D eigenvalue weighted by atomic mass is 32.2. The van der Waals surface area contributed by atoms with Crippen molar-refractivity contribution < 1.29 is 18.7 Å². The maximum Gasteiger partial charge on any atom is 0.277 e. The molecule has 1 aromatic carbocycles. The van der Waals surface area contributed by atoms with Crippen LogP contribution in [0, 0.1) is 0 Å². The van der Waals surface area contributed by atoms with Crippen LogP contribution in [-0.2, 0) is 4.79 Å². The number of carbonyl (C=O) groups excluding carboxylic acids is 1. The second kappa shape index (κ2) is 10.2. The van der Waals surface area contributed by atoms with E-state index in [0.29, 0.717) is 41.7 Å². The van der Waals surface area contributed by atoms with Crippen LogP contribution >= 0.6 is 11.8 Å². The van der Waals surface area contributed by atoms with Gasteiger partial charge >= 0.3 is 0 Å². The molecule has 0 spiro atoms. The molecule has 2 aromatic rings. The lowest BCUT2D eigenvalue weighted by Gasteiger charge is -2.17. The van der Waals surface area contributed by atoms with Gasteiger partial charge in [0.05, 0.1) is 19.4 Å². The van der Waals surface area contributed by atoms with Gasteiger partial charge in [-0.05, 0) is 25.0 Å². The summed E-state index contributed by atoms with van der Waals surface area (Å²) in [6.07, 6.45) is 5.94. The largest absolute Gasteiger partial charge is 0.493 e. The van der Waals surface area contributed by atoms with Crippen molar-refractivity contribution >= 4 is 17.7 Å². The molecule has 0 unspecified atom stereocenters. The highest BCUT2D eigenvalue weighted by Crippen LogP contribution is 2.32. The van der Waals surface area contributed by atoms with E-state index in [0.717, 1.165) is 12.8 Å². The molecule has 7 nitrogen and oxygen atoms in total. The van der Waals surface area contributed by atoms with Crippen molar-refractivity contribution in [1.82, 2.24) is 15.5 Å². The van der Waals surface area contributed by atoms with Crippen LogP contribution in [0.25, 0.3) is 0 Å². The summed E-state index contributed by atoms with van der Waals surface area (Å²) >= 11 is 1.26. The standard InChI is InChI=1S/C19H25N3O4S/c1-24-15-9-5-6-10-16(15)25-12-11-20-17(23)13-27-19-22-21-18(26-19)14-7-3-2-4-8-14/h5-6,9-10,14H,2-4,7-8,11-13H2,1H3,(H,20,23). The fraction of sp³-hybridized carbons (Fsp3) is 0.526. The summed E-state index contributed by atoms with van der Waals surface area (Å²) in [7, 11) is 1.60. The van der Waals surface area contributed by atoms with E-state index in [4.69, 9.17) is 13.9 Å². The van der Waals surface area contributed by atoms with Gasteiger partial charge in [0.15, 0.2) is 11.5 Å². The Bertz CT molecular complexity index is 731. The molecule has 1 aromatic heterocycles. The summed E-state index contributed by atoms with van der Waals surface area (Å²) in [5.74, 6) is 2.56. The molecule has 0 atom stereocenters. The zero-order valence-electron chi connectivity index (χ0n) is 15.5. The predicted molar refractivity (Wildman–Crippen MR) is 102 cm³/mol. The zero-order chi connectivity index (χ0) is 18.9. The monoisotopic (exact) mass is 391 g/mol. The van der Waals surface area contributed by atoms with E-state index in [9.17, 15) is 4.79 Å². The van der Waals surface area contributed by atoms with E-state index in [-0.39, 0.29) is 11.7 Å². The van der Waals surface area contributed by atoms with Gasteiger partial charge in [-0.25, -0.2) is 0 Å². The summed E-state index contributed by atoms with van der Waals surface area (Å²) in [5, 5.41) is 11.5. The fourth-order valence-electron chi connectivity index (χ4n) is 3.06. The Labute approximate surface area is 163 Å². The van der Waals surface area contributed by atoms with Gasteiger partial charge in [0.1, 0.15) is 6.61 Å². The lowest BCUT2D eigenvalue weighted by Crippen LogP contribution is -2.29. The molecule has 8 heteroatoms. The van der Waals surface area contributed by atoms with Crippen molar-refractivity contribution in [2.45, 2.75) is 43.2 Å². The van der Waals surface area contributed by atoms with Crippen LogP contribution in [0.4, 0.5) is 0 Å². The maximum atomic E-state index is 12.0. The van der Waals surface area contributed by atoms with Crippen LogP contribution in [-0.4, -0.2) is 42.1 Å². The lowest BCUT2D eigenvalue weighted by atomic mass is 9.89. The van der Waals surface area contributed by atoms with E-state index in [1.54, 1.807) is 7.11 Å². The quantitative estimate of drug-likeness (QED) is 0.518. The number of hydrogen-bond acceptors (Lipinski definition) is 7. The SMILES string of the molecule is COc1ccccc1OCCNC(=O)CSc1nnc(C2CCCCC2)o1. The van der Waals surface area contributed by atoms with E-state index in [2.05, 4.69) is 15.5 Å². The third kappa shape index (κ3) is 5.89. The van der Waals surface area contributed by atoms with Gasteiger partial charge in [-0.3, -0.25) is 4.79 Å². The minimum absolute atomic E-state index is 0.0963. The first-order valence-corrected chi connectivity index (χ1v) is 10.2. The van der Waals surface area contributed by atoms with Crippen LogP contribution in [0.5, 0.6) is 11.5 Å².